The van der Waals surface area contributed by atoms with Crippen molar-refractivity contribution in [2.45, 2.75) is 6.04 Å². The fraction of sp³-hybridized carbons (Fsp3) is 0.222. The van der Waals surface area contributed by atoms with Crippen molar-refractivity contribution in [2.24, 2.45) is 0 Å². The molecule has 0 saturated heterocycles. The van der Waals surface area contributed by atoms with Gasteiger partial charge >= 0.3 is 0 Å². The monoisotopic (exact) mass is 167 g/mol. The summed E-state index contributed by atoms with van der Waals surface area (Å²) in [6, 6.07) is 5.67. The Labute approximate surface area is 70.4 Å². The lowest BCUT2D eigenvalue weighted by molar-refractivity contribution is -0.109. The van der Waals surface area contributed by atoms with Crippen molar-refractivity contribution in [3.63, 3.8) is 0 Å². The number of rotatable bonds is 3. The van der Waals surface area contributed by atoms with Crippen LogP contribution in [0.3, 0.4) is 0 Å². The lowest BCUT2D eigenvalue weighted by Gasteiger charge is -2.09. The van der Waals surface area contributed by atoms with Crippen LogP contribution in [0.25, 0.3) is 0 Å². The Morgan fingerprint density at radius 2 is 2.17 bits per heavy atom. The van der Waals surface area contributed by atoms with Crippen LogP contribution < -0.4 is 5.32 Å². The molecule has 0 aliphatic carbocycles. The van der Waals surface area contributed by atoms with E-state index in [1.54, 1.807) is 25.2 Å². The summed E-state index contributed by atoms with van der Waals surface area (Å²) in [4.78, 5) is 10.5. The summed E-state index contributed by atoms with van der Waals surface area (Å²) < 4.78 is 13.0. The number of carbonyl (C=O) groups excluding carboxylic acids is 1. The number of benzene rings is 1. The van der Waals surface area contributed by atoms with Crippen LogP contribution in [0.4, 0.5) is 4.39 Å². The van der Waals surface area contributed by atoms with Crippen LogP contribution in [0.1, 0.15) is 11.6 Å². The molecule has 0 aliphatic heterocycles. The number of hydrogen-bond acceptors (Lipinski definition) is 2. The summed E-state index contributed by atoms with van der Waals surface area (Å²) >= 11 is 0. The van der Waals surface area contributed by atoms with Crippen LogP contribution in [0, 0.1) is 5.82 Å². The van der Waals surface area contributed by atoms with E-state index in [0.29, 0.717) is 11.8 Å². The summed E-state index contributed by atoms with van der Waals surface area (Å²) in [6.45, 7) is 0. The molecular weight excluding hydrogens is 157 g/mol. The van der Waals surface area contributed by atoms with Crippen LogP contribution in [0.2, 0.25) is 0 Å². The minimum absolute atomic E-state index is 0.357. The number of likely N-dealkylation sites (N-methyl/N-ethyl adjacent to an activating group) is 1. The Hall–Kier alpha value is -1.22. The molecule has 1 aromatic rings. The van der Waals surface area contributed by atoms with Gasteiger partial charge in [-0.1, -0.05) is 18.2 Å². The fourth-order valence-corrected chi connectivity index (χ4v) is 1.02. The first-order chi connectivity index (χ1) is 5.79. The van der Waals surface area contributed by atoms with Crippen molar-refractivity contribution in [1.29, 1.82) is 0 Å². The first-order valence-corrected chi connectivity index (χ1v) is 3.66. The van der Waals surface area contributed by atoms with Crippen molar-refractivity contribution in [3.05, 3.63) is 35.6 Å². The van der Waals surface area contributed by atoms with Crippen LogP contribution in [0.15, 0.2) is 24.3 Å². The molecule has 1 atom stereocenters. The predicted octanol–water partition coefficient (Wildman–Crippen LogP) is 1.29. The molecule has 12 heavy (non-hydrogen) atoms. The maximum absolute atomic E-state index is 13.0. The second kappa shape index (κ2) is 3.97. The summed E-state index contributed by atoms with van der Waals surface area (Å²) in [5.41, 5.74) is 0.384. The molecular formula is C9H10FNO. The zero-order valence-corrected chi connectivity index (χ0v) is 6.75. The quantitative estimate of drug-likeness (QED) is 0.687. The highest BCUT2D eigenvalue weighted by Crippen LogP contribution is 2.13. The minimum Gasteiger partial charge on any atom is -0.307 e. The van der Waals surface area contributed by atoms with Crippen LogP contribution in [-0.2, 0) is 4.79 Å². The first kappa shape index (κ1) is 8.87. The van der Waals surface area contributed by atoms with Gasteiger partial charge in [0.05, 0.1) is 6.04 Å². The smallest absolute Gasteiger partial charge is 0.141 e. The number of hydrogen-bond donors (Lipinski definition) is 1. The van der Waals surface area contributed by atoms with Gasteiger partial charge in [-0.05, 0) is 13.1 Å². The van der Waals surface area contributed by atoms with Gasteiger partial charge in [0.25, 0.3) is 0 Å². The molecule has 0 heterocycles. The maximum atomic E-state index is 13.0. The molecule has 0 radical (unpaired) electrons. The van der Waals surface area contributed by atoms with Crippen molar-refractivity contribution in [1.82, 2.24) is 5.32 Å². The van der Waals surface area contributed by atoms with Crippen molar-refractivity contribution in [3.8, 4) is 0 Å². The predicted molar refractivity (Wildman–Crippen MR) is 44.3 cm³/mol. The number of nitrogens with one attached hydrogen (secondary N) is 1. The third-order valence-corrected chi connectivity index (χ3v) is 1.69. The number of halogens is 1. The van der Waals surface area contributed by atoms with Crippen molar-refractivity contribution >= 4 is 6.29 Å². The summed E-state index contributed by atoms with van der Waals surface area (Å²) in [5.74, 6) is -0.357. The van der Waals surface area contributed by atoms with Gasteiger partial charge in [0.1, 0.15) is 12.1 Å². The summed E-state index contributed by atoms with van der Waals surface area (Å²) in [7, 11) is 1.62. The molecule has 1 unspecified atom stereocenters. The molecule has 3 heteroatoms. The largest absolute Gasteiger partial charge is 0.307 e. The molecule has 2 nitrogen and oxygen atoms in total. The molecule has 0 fully saturated rings. The maximum Gasteiger partial charge on any atom is 0.141 e. The normalized spacial score (nSPS) is 12.5. The van der Waals surface area contributed by atoms with Gasteiger partial charge in [-0.15, -0.1) is 0 Å². The standard InChI is InChI=1S/C9H10FNO/c1-11-9(6-12)7-4-2-3-5-8(7)10/h2-6,9,11H,1H3. The van der Waals surface area contributed by atoms with E-state index in [1.165, 1.54) is 6.07 Å². The average molecular weight is 167 g/mol. The number of aldehydes is 1. The third-order valence-electron chi connectivity index (χ3n) is 1.69. The topological polar surface area (TPSA) is 29.1 Å². The Morgan fingerprint density at radius 3 is 2.67 bits per heavy atom. The van der Waals surface area contributed by atoms with E-state index in [1.807, 2.05) is 0 Å². The average Bonchev–Trinajstić information content (AvgIpc) is 2.10. The van der Waals surface area contributed by atoms with Gasteiger partial charge in [-0.3, -0.25) is 0 Å². The molecule has 0 bridgehead atoms. The Kier molecular flexibility index (Phi) is 2.94. The highest BCUT2D eigenvalue weighted by atomic mass is 19.1. The lowest BCUT2D eigenvalue weighted by Crippen LogP contribution is -2.18. The first-order valence-electron chi connectivity index (χ1n) is 3.66. The van der Waals surface area contributed by atoms with Crippen LogP contribution >= 0.6 is 0 Å². The highest BCUT2D eigenvalue weighted by molar-refractivity contribution is 5.61. The van der Waals surface area contributed by atoms with Gasteiger partial charge in [-0.2, -0.15) is 0 Å². The molecule has 0 aromatic heterocycles. The van der Waals surface area contributed by atoms with Gasteiger partial charge in [0.15, 0.2) is 0 Å². The zero-order valence-electron chi connectivity index (χ0n) is 6.75. The summed E-state index contributed by atoms with van der Waals surface area (Å²) in [6.07, 6.45) is 0.679. The molecule has 1 rings (SSSR count). The summed E-state index contributed by atoms with van der Waals surface area (Å²) in [5, 5.41) is 2.70. The van der Waals surface area contributed by atoms with E-state index in [0.717, 1.165) is 0 Å². The van der Waals surface area contributed by atoms with E-state index in [-0.39, 0.29) is 5.82 Å². The van der Waals surface area contributed by atoms with Crippen molar-refractivity contribution < 1.29 is 9.18 Å². The molecule has 0 saturated carbocycles. The molecule has 1 aromatic carbocycles. The van der Waals surface area contributed by atoms with E-state index in [9.17, 15) is 9.18 Å². The Balaban J connectivity index is 3.00. The highest BCUT2D eigenvalue weighted by Gasteiger charge is 2.10. The molecule has 0 spiro atoms. The zero-order chi connectivity index (χ0) is 8.97. The Bertz CT molecular complexity index is 275. The van der Waals surface area contributed by atoms with Gasteiger partial charge in [0.2, 0.25) is 0 Å². The van der Waals surface area contributed by atoms with Crippen LogP contribution in [0.5, 0.6) is 0 Å². The van der Waals surface area contributed by atoms with E-state index >= 15 is 0 Å². The van der Waals surface area contributed by atoms with Gasteiger partial charge in [-0.25, -0.2) is 4.39 Å². The van der Waals surface area contributed by atoms with Gasteiger partial charge < -0.3 is 10.1 Å². The third kappa shape index (κ3) is 1.68. The van der Waals surface area contributed by atoms with E-state index in [2.05, 4.69) is 5.32 Å². The van der Waals surface area contributed by atoms with Gasteiger partial charge in [0, 0.05) is 5.56 Å². The van der Waals surface area contributed by atoms with E-state index in [4.69, 9.17) is 0 Å². The second-order valence-electron chi connectivity index (χ2n) is 2.42. The Morgan fingerprint density at radius 1 is 1.50 bits per heavy atom. The molecule has 0 amide bonds. The van der Waals surface area contributed by atoms with Crippen molar-refractivity contribution in [2.75, 3.05) is 7.05 Å². The molecule has 0 aliphatic rings. The second-order valence-corrected chi connectivity index (χ2v) is 2.42. The molecule has 1 N–H and O–H groups in total. The lowest BCUT2D eigenvalue weighted by atomic mass is 10.1. The molecule has 64 valence electrons. The van der Waals surface area contributed by atoms with Crippen LogP contribution in [-0.4, -0.2) is 13.3 Å². The SMILES string of the molecule is CNC(C=O)c1ccccc1F. The fourth-order valence-electron chi connectivity index (χ4n) is 1.02. The minimum atomic E-state index is -0.550. The van der Waals surface area contributed by atoms with E-state index < -0.39 is 6.04 Å². The number of carbonyl (C=O) groups is 1.